The monoisotopic (exact) mass is 482 g/mol. The van der Waals surface area contributed by atoms with Crippen molar-refractivity contribution in [3.8, 4) is 0 Å². The van der Waals surface area contributed by atoms with E-state index in [4.69, 9.17) is 28.3 Å². The summed E-state index contributed by atoms with van der Waals surface area (Å²) < 4.78 is 24.4. The van der Waals surface area contributed by atoms with E-state index in [1.165, 1.54) is 12.3 Å². The molecule has 0 saturated carbocycles. The number of nitrogens with one attached hydrogen (secondary N) is 1. The highest BCUT2D eigenvalue weighted by molar-refractivity contribution is 7.89. The van der Waals surface area contributed by atoms with Crippen LogP contribution in [0.2, 0.25) is 10.2 Å². The molecule has 0 aliphatic carbocycles. The van der Waals surface area contributed by atoms with Crippen molar-refractivity contribution in [3.05, 3.63) is 79.6 Å². The molecule has 31 heavy (non-hydrogen) atoms. The summed E-state index contributed by atoms with van der Waals surface area (Å²) in [4.78, 5) is 10.2. The normalized spacial score (nSPS) is 11.7. The van der Waals surface area contributed by atoms with Gasteiger partial charge in [-0.25, -0.2) is 18.2 Å². The van der Waals surface area contributed by atoms with Gasteiger partial charge in [0.1, 0.15) is 10.8 Å². The fourth-order valence-corrected chi connectivity index (χ4v) is 3.62. The third-order valence-electron chi connectivity index (χ3n) is 4.23. The molecule has 0 spiro atoms. The Morgan fingerprint density at radius 2 is 1.94 bits per heavy atom. The SMILES string of the molecule is Cc1nn(Cc2ccc(Cl)cc2)c(Cl)c1C=NNc1ccc(S(N)(=O)=O)cc1[N+](=O)[O-]. The van der Waals surface area contributed by atoms with E-state index in [-0.39, 0.29) is 10.6 Å². The Morgan fingerprint density at radius 1 is 1.26 bits per heavy atom. The van der Waals surface area contributed by atoms with Gasteiger partial charge in [0.25, 0.3) is 5.69 Å². The Labute approximate surface area is 187 Å². The van der Waals surface area contributed by atoms with Crippen molar-refractivity contribution in [2.75, 3.05) is 5.43 Å². The van der Waals surface area contributed by atoms with Gasteiger partial charge in [-0.2, -0.15) is 10.2 Å². The van der Waals surface area contributed by atoms with Crippen LogP contribution in [0, 0.1) is 17.0 Å². The number of hydrazone groups is 1. The summed E-state index contributed by atoms with van der Waals surface area (Å²) >= 11 is 12.3. The Balaban J connectivity index is 1.82. The summed E-state index contributed by atoms with van der Waals surface area (Å²) in [5.41, 5.74) is 4.08. The summed E-state index contributed by atoms with van der Waals surface area (Å²) in [6.45, 7) is 2.16. The lowest BCUT2D eigenvalue weighted by atomic mass is 10.2. The van der Waals surface area contributed by atoms with Gasteiger partial charge in [0.05, 0.1) is 33.8 Å². The number of benzene rings is 2. The third kappa shape index (κ3) is 5.39. The number of aryl methyl sites for hydroxylation is 1. The van der Waals surface area contributed by atoms with Crippen LogP contribution in [0.5, 0.6) is 0 Å². The number of nitrogens with two attached hydrogens (primary N) is 1. The van der Waals surface area contributed by atoms with Crippen LogP contribution in [-0.2, 0) is 16.6 Å². The van der Waals surface area contributed by atoms with Crippen LogP contribution in [0.4, 0.5) is 11.4 Å². The zero-order valence-electron chi connectivity index (χ0n) is 16.0. The number of hydrogen-bond donors (Lipinski definition) is 2. The van der Waals surface area contributed by atoms with E-state index in [2.05, 4.69) is 15.6 Å². The van der Waals surface area contributed by atoms with Gasteiger partial charge in [0.15, 0.2) is 0 Å². The number of halogens is 2. The smallest absolute Gasteiger partial charge is 0.272 e. The van der Waals surface area contributed by atoms with Crippen molar-refractivity contribution < 1.29 is 13.3 Å². The number of hydrogen-bond acceptors (Lipinski definition) is 7. The lowest BCUT2D eigenvalue weighted by Crippen LogP contribution is -2.12. The summed E-state index contributed by atoms with van der Waals surface area (Å²) in [6.07, 6.45) is 1.38. The first-order chi connectivity index (χ1) is 14.6. The Bertz CT molecular complexity index is 1270. The highest BCUT2D eigenvalue weighted by Gasteiger charge is 2.19. The van der Waals surface area contributed by atoms with E-state index in [0.717, 1.165) is 17.7 Å². The van der Waals surface area contributed by atoms with Gasteiger partial charge in [0, 0.05) is 11.1 Å². The summed E-state index contributed by atoms with van der Waals surface area (Å²) in [5, 5.41) is 25.6. The molecule has 10 nitrogen and oxygen atoms in total. The molecule has 0 fully saturated rings. The summed E-state index contributed by atoms with van der Waals surface area (Å²) in [7, 11) is -4.08. The third-order valence-corrected chi connectivity index (χ3v) is 5.79. The van der Waals surface area contributed by atoms with Gasteiger partial charge in [0.2, 0.25) is 10.0 Å². The maximum absolute atomic E-state index is 11.4. The van der Waals surface area contributed by atoms with Gasteiger partial charge in [-0.3, -0.25) is 15.5 Å². The second-order valence-electron chi connectivity index (χ2n) is 6.43. The molecule has 3 rings (SSSR count). The predicted molar refractivity (Wildman–Crippen MR) is 118 cm³/mol. The van der Waals surface area contributed by atoms with Gasteiger partial charge in [-0.1, -0.05) is 35.3 Å². The summed E-state index contributed by atoms with van der Waals surface area (Å²) in [5.74, 6) is 0. The van der Waals surface area contributed by atoms with E-state index < -0.39 is 20.6 Å². The molecule has 1 aromatic heterocycles. The molecular formula is C18H16Cl2N6O4S. The zero-order chi connectivity index (χ0) is 22.8. The molecule has 0 radical (unpaired) electrons. The van der Waals surface area contributed by atoms with Crippen LogP contribution in [0.25, 0.3) is 0 Å². The molecule has 2 aromatic carbocycles. The predicted octanol–water partition coefficient (Wildman–Crippen LogP) is 3.55. The molecule has 13 heteroatoms. The molecule has 162 valence electrons. The average Bonchev–Trinajstić information content (AvgIpc) is 2.96. The summed E-state index contributed by atoms with van der Waals surface area (Å²) in [6, 6.07) is 10.4. The first-order valence-corrected chi connectivity index (χ1v) is 10.9. The number of nitro groups is 1. The Kier molecular flexibility index (Phi) is 6.60. The molecule has 0 atom stereocenters. The number of primary sulfonamides is 1. The van der Waals surface area contributed by atoms with Gasteiger partial charge < -0.3 is 0 Å². The Morgan fingerprint density at radius 3 is 2.55 bits per heavy atom. The van der Waals surface area contributed by atoms with Crippen molar-refractivity contribution >= 4 is 50.8 Å². The largest absolute Gasteiger partial charge is 0.295 e. The van der Waals surface area contributed by atoms with Crippen LogP contribution in [-0.4, -0.2) is 29.3 Å². The van der Waals surface area contributed by atoms with Crippen LogP contribution in [0.1, 0.15) is 16.8 Å². The minimum atomic E-state index is -4.08. The average molecular weight is 483 g/mol. The van der Waals surface area contributed by atoms with E-state index in [9.17, 15) is 18.5 Å². The van der Waals surface area contributed by atoms with Crippen LogP contribution in [0.3, 0.4) is 0 Å². The van der Waals surface area contributed by atoms with Crippen LogP contribution < -0.4 is 10.6 Å². The molecule has 3 aromatic rings. The molecule has 1 heterocycles. The molecule has 0 bridgehead atoms. The van der Waals surface area contributed by atoms with Crippen molar-refractivity contribution in [3.63, 3.8) is 0 Å². The highest BCUT2D eigenvalue weighted by atomic mass is 35.5. The number of anilines is 1. The van der Waals surface area contributed by atoms with Crippen molar-refractivity contribution in [1.82, 2.24) is 9.78 Å². The fourth-order valence-electron chi connectivity index (χ4n) is 2.68. The maximum atomic E-state index is 11.4. The number of nitrogens with zero attached hydrogens (tertiary/aromatic N) is 4. The molecule has 0 amide bonds. The second-order valence-corrected chi connectivity index (χ2v) is 8.78. The van der Waals surface area contributed by atoms with Gasteiger partial charge >= 0.3 is 0 Å². The lowest BCUT2D eigenvalue weighted by Gasteiger charge is -2.04. The number of nitro benzene ring substituents is 1. The zero-order valence-corrected chi connectivity index (χ0v) is 18.3. The first kappa shape index (κ1) is 22.7. The van der Waals surface area contributed by atoms with Gasteiger partial charge in [-0.15, -0.1) is 0 Å². The first-order valence-electron chi connectivity index (χ1n) is 8.64. The number of aromatic nitrogens is 2. The minimum Gasteiger partial charge on any atom is -0.272 e. The minimum absolute atomic E-state index is 0.0176. The number of sulfonamides is 1. The molecule has 0 saturated heterocycles. The van der Waals surface area contributed by atoms with Crippen molar-refractivity contribution in [1.29, 1.82) is 0 Å². The Hall–Kier alpha value is -2.99. The fraction of sp³-hybridized carbons (Fsp3) is 0.111. The topological polar surface area (TPSA) is 146 Å². The van der Waals surface area contributed by atoms with Crippen molar-refractivity contribution in [2.24, 2.45) is 10.2 Å². The molecule has 0 aliphatic heterocycles. The maximum Gasteiger partial charge on any atom is 0.295 e. The lowest BCUT2D eigenvalue weighted by molar-refractivity contribution is -0.384. The van der Waals surface area contributed by atoms with E-state index in [1.54, 1.807) is 23.7 Å². The second kappa shape index (κ2) is 9.02. The molecular weight excluding hydrogens is 467 g/mol. The van der Waals surface area contributed by atoms with Gasteiger partial charge in [-0.05, 0) is 36.8 Å². The van der Waals surface area contributed by atoms with Crippen LogP contribution >= 0.6 is 23.2 Å². The molecule has 0 aliphatic rings. The quantitative estimate of drug-likeness (QED) is 0.299. The van der Waals surface area contributed by atoms with Crippen LogP contribution in [0.15, 0.2) is 52.5 Å². The van der Waals surface area contributed by atoms with E-state index >= 15 is 0 Å². The molecule has 3 N–H and O–H groups in total. The number of rotatable bonds is 7. The molecule has 0 unspecified atom stereocenters. The standard InChI is InChI=1S/C18H16Cl2N6O4S/c1-11-15(18(20)25(24-11)10-12-2-4-13(19)5-3-12)9-22-23-16-7-6-14(31(21,29)30)8-17(16)26(27)28/h2-9,23H,10H2,1H3,(H2,21,29,30). The van der Waals surface area contributed by atoms with E-state index in [1.807, 2.05) is 12.1 Å². The van der Waals surface area contributed by atoms with E-state index in [0.29, 0.717) is 28.0 Å². The highest BCUT2D eigenvalue weighted by Crippen LogP contribution is 2.27. The van der Waals surface area contributed by atoms with Crippen molar-refractivity contribution in [2.45, 2.75) is 18.4 Å².